The Morgan fingerprint density at radius 2 is 1.97 bits per heavy atom. The normalized spacial score (nSPS) is 24.9. The fourth-order valence-corrected chi connectivity index (χ4v) is 6.70. The number of carboxylic acid groups (broad SMARTS) is 1. The number of imidazole rings is 1. The second-order valence-electron chi connectivity index (χ2n) is 11.3. The minimum Gasteiger partial charge on any atom is -0.480 e. The Hall–Kier alpha value is -2.84. The van der Waals surface area contributed by atoms with Crippen molar-refractivity contribution in [2.45, 2.75) is 56.4 Å². The van der Waals surface area contributed by atoms with Crippen LogP contribution in [0.5, 0.6) is 0 Å². The number of hydrogen-bond donors (Lipinski definition) is 1. The third-order valence-corrected chi connectivity index (χ3v) is 9.01. The highest BCUT2D eigenvalue weighted by molar-refractivity contribution is 5.73. The van der Waals surface area contributed by atoms with E-state index in [1.165, 1.54) is 12.5 Å². The standard InChI is InChI=1S/C29H36FN5O2/c30-24-7-2-6-22(15-24)25-18-35(27(28(36)37)14-20-4-1-5-20)17-23(25)16-33-12-8-21(9-13-33)26-19-34-11-3-10-31-29(34)32-26/h2-3,6-7,10-11,15,19-21,23,25,27H,1,4-5,8-9,12-14,16-18H2,(H,36,37)/t23?,25-,27-/m1/s1. The Kier molecular flexibility index (Phi) is 6.95. The van der Waals surface area contributed by atoms with E-state index in [9.17, 15) is 14.3 Å². The average molecular weight is 506 g/mol. The van der Waals surface area contributed by atoms with Crippen molar-refractivity contribution in [3.8, 4) is 0 Å². The van der Waals surface area contributed by atoms with E-state index >= 15 is 0 Å². The number of aliphatic carboxylic acids is 1. The topological polar surface area (TPSA) is 74.0 Å². The summed E-state index contributed by atoms with van der Waals surface area (Å²) in [5.74, 6) is 1.19. The van der Waals surface area contributed by atoms with Gasteiger partial charge < -0.3 is 10.0 Å². The predicted molar refractivity (Wildman–Crippen MR) is 139 cm³/mol. The Morgan fingerprint density at radius 1 is 1.14 bits per heavy atom. The SMILES string of the molecule is O=C(O)[C@@H](CC1CCC1)N1CC(CN2CCC(c3cn4cccnc4n3)CC2)[C@@H](c2cccc(F)c2)C1. The van der Waals surface area contributed by atoms with Crippen molar-refractivity contribution < 1.29 is 14.3 Å². The van der Waals surface area contributed by atoms with Gasteiger partial charge in [0.15, 0.2) is 0 Å². The molecule has 1 aromatic carbocycles. The van der Waals surface area contributed by atoms with Gasteiger partial charge in [-0.05, 0) is 68.0 Å². The molecule has 2 aromatic heterocycles. The van der Waals surface area contributed by atoms with Crippen molar-refractivity contribution in [3.05, 3.63) is 66.0 Å². The van der Waals surface area contributed by atoms with Gasteiger partial charge in [-0.15, -0.1) is 0 Å². The Morgan fingerprint density at radius 3 is 2.68 bits per heavy atom. The van der Waals surface area contributed by atoms with E-state index in [-0.39, 0.29) is 17.7 Å². The molecule has 1 N–H and O–H groups in total. The van der Waals surface area contributed by atoms with Crippen LogP contribution in [0.15, 0.2) is 48.9 Å². The number of piperidine rings is 1. The molecule has 1 saturated carbocycles. The molecule has 0 radical (unpaired) electrons. The minimum absolute atomic E-state index is 0.140. The van der Waals surface area contributed by atoms with E-state index in [0.717, 1.165) is 75.3 Å². The maximum absolute atomic E-state index is 14.2. The molecular weight excluding hydrogens is 469 g/mol. The van der Waals surface area contributed by atoms with Gasteiger partial charge in [0.25, 0.3) is 0 Å². The summed E-state index contributed by atoms with van der Waals surface area (Å²) in [6.45, 7) is 4.32. The van der Waals surface area contributed by atoms with Crippen molar-refractivity contribution in [2.24, 2.45) is 11.8 Å². The van der Waals surface area contributed by atoms with E-state index in [1.807, 2.05) is 22.7 Å². The van der Waals surface area contributed by atoms with Gasteiger partial charge in [0.2, 0.25) is 5.78 Å². The number of carbonyl (C=O) groups is 1. The molecule has 0 bridgehead atoms. The first kappa shape index (κ1) is 24.5. The molecule has 0 amide bonds. The molecular formula is C29H36FN5O2. The van der Waals surface area contributed by atoms with Crippen molar-refractivity contribution >= 4 is 11.7 Å². The lowest BCUT2D eigenvalue weighted by molar-refractivity contribution is -0.144. The van der Waals surface area contributed by atoms with Crippen molar-refractivity contribution in [1.82, 2.24) is 24.2 Å². The highest BCUT2D eigenvalue weighted by Crippen LogP contribution is 2.39. The summed E-state index contributed by atoms with van der Waals surface area (Å²) in [5.41, 5.74) is 2.11. The molecule has 4 heterocycles. The lowest BCUT2D eigenvalue weighted by Crippen LogP contribution is -2.43. The molecule has 6 rings (SSSR count). The number of hydrogen-bond acceptors (Lipinski definition) is 5. The Balaban J connectivity index is 1.14. The molecule has 2 aliphatic heterocycles. The fourth-order valence-electron chi connectivity index (χ4n) is 6.70. The quantitative estimate of drug-likeness (QED) is 0.489. The predicted octanol–water partition coefficient (Wildman–Crippen LogP) is 4.41. The summed E-state index contributed by atoms with van der Waals surface area (Å²) in [6.07, 6.45) is 12.2. The van der Waals surface area contributed by atoms with Crippen LogP contribution in [0.1, 0.15) is 61.6 Å². The Bertz CT molecular complexity index is 1200. The number of benzene rings is 1. The summed E-state index contributed by atoms with van der Waals surface area (Å²) < 4.78 is 16.2. The van der Waals surface area contributed by atoms with Gasteiger partial charge in [-0.3, -0.25) is 14.1 Å². The van der Waals surface area contributed by atoms with E-state index in [4.69, 9.17) is 4.98 Å². The maximum atomic E-state index is 14.2. The van der Waals surface area contributed by atoms with Crippen molar-refractivity contribution in [3.63, 3.8) is 0 Å². The first-order chi connectivity index (χ1) is 18.0. The smallest absolute Gasteiger partial charge is 0.320 e. The third kappa shape index (κ3) is 5.27. The van der Waals surface area contributed by atoms with Gasteiger partial charge in [0.1, 0.15) is 11.9 Å². The molecule has 0 spiro atoms. The van der Waals surface area contributed by atoms with Gasteiger partial charge in [0, 0.05) is 50.1 Å². The zero-order valence-electron chi connectivity index (χ0n) is 21.3. The molecule has 8 heteroatoms. The van der Waals surface area contributed by atoms with Crippen LogP contribution in [-0.4, -0.2) is 74.0 Å². The number of carboxylic acids is 1. The first-order valence-electron chi connectivity index (χ1n) is 13.8. The summed E-state index contributed by atoms with van der Waals surface area (Å²) in [5, 5.41) is 10.1. The summed E-state index contributed by atoms with van der Waals surface area (Å²) >= 11 is 0. The van der Waals surface area contributed by atoms with E-state index in [0.29, 0.717) is 18.4 Å². The Labute approximate surface area is 217 Å². The van der Waals surface area contributed by atoms with Crippen LogP contribution in [0.3, 0.4) is 0 Å². The van der Waals surface area contributed by atoms with Crippen LogP contribution >= 0.6 is 0 Å². The van der Waals surface area contributed by atoms with Gasteiger partial charge in [0.05, 0.1) is 5.69 Å². The maximum Gasteiger partial charge on any atom is 0.320 e. The van der Waals surface area contributed by atoms with Crippen molar-refractivity contribution in [2.75, 3.05) is 32.7 Å². The third-order valence-electron chi connectivity index (χ3n) is 9.01. The van der Waals surface area contributed by atoms with Crippen LogP contribution in [0.2, 0.25) is 0 Å². The second-order valence-corrected chi connectivity index (χ2v) is 11.3. The molecule has 37 heavy (non-hydrogen) atoms. The van der Waals surface area contributed by atoms with Crippen LogP contribution in [0.4, 0.5) is 4.39 Å². The second kappa shape index (κ2) is 10.5. The van der Waals surface area contributed by atoms with Gasteiger partial charge in [-0.1, -0.05) is 31.4 Å². The lowest BCUT2D eigenvalue weighted by Gasteiger charge is -2.34. The number of likely N-dealkylation sites (tertiary alicyclic amines) is 2. The summed E-state index contributed by atoms with van der Waals surface area (Å²) in [4.78, 5) is 26.1. The highest BCUT2D eigenvalue weighted by Gasteiger charge is 2.41. The first-order valence-corrected chi connectivity index (χ1v) is 13.8. The number of nitrogens with zero attached hydrogens (tertiary/aromatic N) is 5. The largest absolute Gasteiger partial charge is 0.480 e. The van der Waals surface area contributed by atoms with E-state index in [2.05, 4.69) is 21.0 Å². The molecule has 3 aromatic rings. The number of aromatic nitrogens is 3. The lowest BCUT2D eigenvalue weighted by atomic mass is 9.80. The molecule has 196 valence electrons. The van der Waals surface area contributed by atoms with Gasteiger partial charge in [-0.25, -0.2) is 14.4 Å². The molecule has 3 aliphatic rings. The van der Waals surface area contributed by atoms with Gasteiger partial charge in [-0.2, -0.15) is 0 Å². The summed E-state index contributed by atoms with van der Waals surface area (Å²) in [7, 11) is 0. The monoisotopic (exact) mass is 505 g/mol. The number of halogens is 1. The van der Waals surface area contributed by atoms with Crippen molar-refractivity contribution in [1.29, 1.82) is 0 Å². The highest BCUT2D eigenvalue weighted by atomic mass is 19.1. The van der Waals surface area contributed by atoms with Crippen LogP contribution in [0.25, 0.3) is 5.78 Å². The molecule has 3 atom stereocenters. The zero-order valence-corrected chi connectivity index (χ0v) is 21.3. The molecule has 1 unspecified atom stereocenters. The molecule has 7 nitrogen and oxygen atoms in total. The minimum atomic E-state index is -0.715. The van der Waals surface area contributed by atoms with E-state index < -0.39 is 12.0 Å². The number of rotatable bonds is 8. The summed E-state index contributed by atoms with van der Waals surface area (Å²) in [6, 6.07) is 8.40. The van der Waals surface area contributed by atoms with Crippen LogP contribution in [-0.2, 0) is 4.79 Å². The molecule has 2 saturated heterocycles. The molecule has 1 aliphatic carbocycles. The molecule has 3 fully saturated rings. The van der Waals surface area contributed by atoms with Crippen LogP contribution < -0.4 is 0 Å². The van der Waals surface area contributed by atoms with E-state index in [1.54, 1.807) is 18.3 Å². The van der Waals surface area contributed by atoms with Crippen LogP contribution in [0, 0.1) is 17.7 Å². The number of fused-ring (bicyclic) bond motifs is 1. The zero-order chi connectivity index (χ0) is 25.4. The average Bonchev–Trinajstić information content (AvgIpc) is 3.48. The fraction of sp³-hybridized carbons (Fsp3) is 0.552. The van der Waals surface area contributed by atoms with Gasteiger partial charge >= 0.3 is 5.97 Å².